The van der Waals surface area contributed by atoms with Crippen LogP contribution in [-0.2, 0) is 0 Å². The van der Waals surface area contributed by atoms with Crippen molar-refractivity contribution in [1.29, 1.82) is 0 Å². The van der Waals surface area contributed by atoms with Crippen molar-refractivity contribution >= 4 is 17.3 Å². The average molecular weight is 308 g/mol. The summed E-state index contributed by atoms with van der Waals surface area (Å²) in [7, 11) is 0. The standard InChI is InChI=1S/C17H26ClN3/c18-15-4-3-5-16(14-15)19-8-9-20-10-12-21(13-11-20)17-6-1-2-7-17/h3-5,14,17,19H,1-2,6-13H2. The Labute approximate surface area is 133 Å². The highest BCUT2D eigenvalue weighted by Crippen LogP contribution is 2.24. The molecule has 0 aromatic heterocycles. The molecule has 1 aliphatic carbocycles. The summed E-state index contributed by atoms with van der Waals surface area (Å²) in [5, 5.41) is 4.26. The van der Waals surface area contributed by atoms with Crippen LogP contribution in [0.3, 0.4) is 0 Å². The molecule has 0 atom stereocenters. The number of rotatable bonds is 5. The second-order valence-corrected chi connectivity index (χ2v) is 6.69. The molecule has 2 fully saturated rings. The minimum absolute atomic E-state index is 0.796. The van der Waals surface area contributed by atoms with Crippen molar-refractivity contribution in [1.82, 2.24) is 9.80 Å². The van der Waals surface area contributed by atoms with E-state index in [0.29, 0.717) is 0 Å². The highest BCUT2D eigenvalue weighted by Gasteiger charge is 2.25. The van der Waals surface area contributed by atoms with Crippen LogP contribution in [0.5, 0.6) is 0 Å². The zero-order valence-electron chi connectivity index (χ0n) is 12.7. The summed E-state index contributed by atoms with van der Waals surface area (Å²) in [4.78, 5) is 5.29. The summed E-state index contributed by atoms with van der Waals surface area (Å²) in [6.45, 7) is 7.04. The Morgan fingerprint density at radius 1 is 1.10 bits per heavy atom. The van der Waals surface area contributed by atoms with Gasteiger partial charge in [0.2, 0.25) is 0 Å². The maximum Gasteiger partial charge on any atom is 0.0426 e. The molecule has 1 aromatic carbocycles. The molecule has 0 bridgehead atoms. The number of benzene rings is 1. The van der Waals surface area contributed by atoms with E-state index in [1.54, 1.807) is 0 Å². The van der Waals surface area contributed by atoms with Crippen LogP contribution in [0.4, 0.5) is 5.69 Å². The van der Waals surface area contributed by atoms with Gasteiger partial charge < -0.3 is 5.32 Å². The molecule has 0 unspecified atom stereocenters. The van der Waals surface area contributed by atoms with Crippen LogP contribution >= 0.6 is 11.6 Å². The van der Waals surface area contributed by atoms with Crippen LogP contribution in [0, 0.1) is 0 Å². The summed E-state index contributed by atoms with van der Waals surface area (Å²) in [5.41, 5.74) is 1.12. The first-order valence-corrected chi connectivity index (χ1v) is 8.65. The first-order chi connectivity index (χ1) is 10.3. The van der Waals surface area contributed by atoms with Crippen molar-refractivity contribution in [3.63, 3.8) is 0 Å². The molecular weight excluding hydrogens is 282 g/mol. The highest BCUT2D eigenvalue weighted by molar-refractivity contribution is 6.30. The summed E-state index contributed by atoms with van der Waals surface area (Å²) in [6, 6.07) is 8.85. The average Bonchev–Trinajstić information content (AvgIpc) is 3.02. The molecule has 0 radical (unpaired) electrons. The van der Waals surface area contributed by atoms with Gasteiger partial charge in [0.05, 0.1) is 0 Å². The molecule has 1 aliphatic heterocycles. The second kappa shape index (κ2) is 7.48. The number of anilines is 1. The largest absolute Gasteiger partial charge is 0.384 e. The van der Waals surface area contributed by atoms with Crippen molar-refractivity contribution in [3.05, 3.63) is 29.3 Å². The zero-order valence-corrected chi connectivity index (χ0v) is 13.5. The minimum atomic E-state index is 0.796. The third kappa shape index (κ3) is 4.35. The number of hydrogen-bond acceptors (Lipinski definition) is 3. The fourth-order valence-electron chi connectivity index (χ4n) is 3.58. The van der Waals surface area contributed by atoms with E-state index < -0.39 is 0 Å². The van der Waals surface area contributed by atoms with Gasteiger partial charge in [0, 0.05) is 56.0 Å². The maximum absolute atomic E-state index is 5.99. The van der Waals surface area contributed by atoms with Crippen molar-refractivity contribution < 1.29 is 0 Å². The fraction of sp³-hybridized carbons (Fsp3) is 0.647. The summed E-state index contributed by atoms with van der Waals surface area (Å²) < 4.78 is 0. The van der Waals surface area contributed by atoms with Crippen LogP contribution in [-0.4, -0.2) is 55.1 Å². The monoisotopic (exact) mass is 307 g/mol. The van der Waals surface area contributed by atoms with Crippen LogP contribution in [0.1, 0.15) is 25.7 Å². The summed E-state index contributed by atoms with van der Waals surface area (Å²) in [6.07, 6.45) is 5.73. The lowest BCUT2D eigenvalue weighted by Gasteiger charge is -2.38. The van der Waals surface area contributed by atoms with Gasteiger partial charge in [-0.2, -0.15) is 0 Å². The highest BCUT2D eigenvalue weighted by atomic mass is 35.5. The van der Waals surface area contributed by atoms with E-state index in [1.165, 1.54) is 51.9 Å². The third-order valence-electron chi connectivity index (χ3n) is 4.83. The Hall–Kier alpha value is -0.770. The van der Waals surface area contributed by atoms with Gasteiger partial charge in [-0.1, -0.05) is 30.5 Å². The molecule has 3 rings (SSSR count). The van der Waals surface area contributed by atoms with E-state index in [4.69, 9.17) is 11.6 Å². The summed E-state index contributed by atoms with van der Waals surface area (Å²) in [5.74, 6) is 0. The molecule has 0 spiro atoms. The van der Waals surface area contributed by atoms with Crippen LogP contribution in [0.2, 0.25) is 5.02 Å². The quantitative estimate of drug-likeness (QED) is 0.900. The molecule has 2 aliphatic rings. The number of nitrogens with zero attached hydrogens (tertiary/aromatic N) is 2. The van der Waals surface area contributed by atoms with Gasteiger partial charge in [-0.25, -0.2) is 0 Å². The molecular formula is C17H26ClN3. The number of piperazine rings is 1. The van der Waals surface area contributed by atoms with Crippen LogP contribution in [0.25, 0.3) is 0 Å². The third-order valence-corrected chi connectivity index (χ3v) is 5.06. The van der Waals surface area contributed by atoms with Gasteiger partial charge in [0.15, 0.2) is 0 Å². The SMILES string of the molecule is Clc1cccc(NCCN2CCN(C3CCCC3)CC2)c1. The molecule has 1 saturated heterocycles. The Balaban J connectivity index is 1.35. The van der Waals surface area contributed by atoms with Gasteiger partial charge in [0.1, 0.15) is 0 Å². The Morgan fingerprint density at radius 3 is 2.57 bits per heavy atom. The molecule has 1 aromatic rings. The molecule has 1 N–H and O–H groups in total. The molecule has 1 heterocycles. The van der Waals surface area contributed by atoms with Crippen molar-refractivity contribution in [3.8, 4) is 0 Å². The van der Waals surface area contributed by atoms with Crippen molar-refractivity contribution in [2.75, 3.05) is 44.6 Å². The van der Waals surface area contributed by atoms with E-state index >= 15 is 0 Å². The van der Waals surface area contributed by atoms with Gasteiger partial charge >= 0.3 is 0 Å². The molecule has 4 heteroatoms. The van der Waals surface area contributed by atoms with E-state index in [0.717, 1.165) is 29.8 Å². The predicted octanol–water partition coefficient (Wildman–Crippen LogP) is 3.31. The molecule has 0 amide bonds. The second-order valence-electron chi connectivity index (χ2n) is 6.25. The lowest BCUT2D eigenvalue weighted by atomic mass is 10.2. The van der Waals surface area contributed by atoms with E-state index in [9.17, 15) is 0 Å². The van der Waals surface area contributed by atoms with Gasteiger partial charge in [-0.3, -0.25) is 9.80 Å². The van der Waals surface area contributed by atoms with Crippen molar-refractivity contribution in [2.24, 2.45) is 0 Å². The van der Waals surface area contributed by atoms with E-state index in [-0.39, 0.29) is 0 Å². The topological polar surface area (TPSA) is 18.5 Å². The van der Waals surface area contributed by atoms with Crippen LogP contribution in [0.15, 0.2) is 24.3 Å². The minimum Gasteiger partial charge on any atom is -0.384 e. The first-order valence-electron chi connectivity index (χ1n) is 8.27. The van der Waals surface area contributed by atoms with E-state index in [2.05, 4.69) is 21.2 Å². The number of halogens is 1. The molecule has 3 nitrogen and oxygen atoms in total. The predicted molar refractivity (Wildman–Crippen MR) is 90.2 cm³/mol. The molecule has 1 saturated carbocycles. The summed E-state index contributed by atoms with van der Waals surface area (Å²) >= 11 is 5.99. The molecule has 116 valence electrons. The Kier molecular flexibility index (Phi) is 5.39. The van der Waals surface area contributed by atoms with Crippen LogP contribution < -0.4 is 5.32 Å². The van der Waals surface area contributed by atoms with Gasteiger partial charge in [-0.05, 0) is 31.0 Å². The Bertz CT molecular complexity index is 437. The normalized spacial score (nSPS) is 21.8. The maximum atomic E-state index is 5.99. The smallest absolute Gasteiger partial charge is 0.0426 e. The molecule has 21 heavy (non-hydrogen) atoms. The lowest BCUT2D eigenvalue weighted by molar-refractivity contribution is 0.100. The van der Waals surface area contributed by atoms with Crippen molar-refractivity contribution in [2.45, 2.75) is 31.7 Å². The van der Waals surface area contributed by atoms with Gasteiger partial charge in [-0.15, -0.1) is 0 Å². The first kappa shape index (κ1) is 15.1. The lowest BCUT2D eigenvalue weighted by Crippen LogP contribution is -2.50. The van der Waals surface area contributed by atoms with E-state index in [1.807, 2.05) is 18.2 Å². The number of nitrogens with one attached hydrogen (secondary N) is 1. The van der Waals surface area contributed by atoms with Gasteiger partial charge in [0.25, 0.3) is 0 Å². The fourth-order valence-corrected chi connectivity index (χ4v) is 3.77. The number of hydrogen-bond donors (Lipinski definition) is 1. The zero-order chi connectivity index (χ0) is 14.5. The Morgan fingerprint density at radius 2 is 1.86 bits per heavy atom.